The molecule has 2 aliphatic heterocycles. The van der Waals surface area contributed by atoms with Gasteiger partial charge in [0.15, 0.2) is 23.0 Å². The van der Waals surface area contributed by atoms with Crippen LogP contribution in [0, 0.1) is 0 Å². The van der Waals surface area contributed by atoms with Crippen molar-refractivity contribution in [1.82, 2.24) is 10.2 Å². The van der Waals surface area contributed by atoms with Crippen molar-refractivity contribution in [2.45, 2.75) is 12.5 Å². The molecule has 29 heavy (non-hydrogen) atoms. The predicted molar refractivity (Wildman–Crippen MR) is 110 cm³/mol. The van der Waals surface area contributed by atoms with E-state index < -0.39 is 0 Å². The second-order valence-electron chi connectivity index (χ2n) is 7.10. The van der Waals surface area contributed by atoms with Gasteiger partial charge in [-0.1, -0.05) is 6.07 Å². The molecule has 2 heterocycles. The van der Waals surface area contributed by atoms with Crippen LogP contribution in [0.2, 0.25) is 0 Å². The third kappa shape index (κ3) is 3.93. The summed E-state index contributed by atoms with van der Waals surface area (Å²) >= 11 is 0. The fraction of sp³-hybridized carbons (Fsp3) is 0.455. The summed E-state index contributed by atoms with van der Waals surface area (Å²) in [6.45, 7) is 4.13. The molecular weight excluding hydrogens is 372 g/mol. The molecule has 7 nitrogen and oxygen atoms in total. The highest BCUT2D eigenvalue weighted by Crippen LogP contribution is 2.44. The minimum atomic E-state index is -0.0147. The van der Waals surface area contributed by atoms with Gasteiger partial charge in [0.05, 0.1) is 27.4 Å². The maximum Gasteiger partial charge on any atom is 0.231 e. The van der Waals surface area contributed by atoms with Crippen LogP contribution in [0.3, 0.4) is 0 Å². The van der Waals surface area contributed by atoms with Crippen molar-refractivity contribution in [1.29, 1.82) is 0 Å². The van der Waals surface area contributed by atoms with Gasteiger partial charge in [0.1, 0.15) is 5.75 Å². The molecule has 1 unspecified atom stereocenters. The van der Waals surface area contributed by atoms with Crippen LogP contribution in [0.5, 0.6) is 28.7 Å². The van der Waals surface area contributed by atoms with E-state index in [0.717, 1.165) is 61.0 Å². The SMILES string of the molecule is COc1cc(OC)c(C(c2ccc3c(c2)OCO3)N2CCCNCC2)cc1OC. The minimum Gasteiger partial charge on any atom is -0.496 e. The van der Waals surface area contributed by atoms with E-state index in [0.29, 0.717) is 11.5 Å². The highest BCUT2D eigenvalue weighted by atomic mass is 16.7. The number of benzene rings is 2. The number of methoxy groups -OCH3 is 3. The molecular formula is C22H28N2O5. The van der Waals surface area contributed by atoms with E-state index in [-0.39, 0.29) is 12.8 Å². The minimum absolute atomic E-state index is 0.0147. The highest BCUT2D eigenvalue weighted by Gasteiger charge is 2.29. The Morgan fingerprint density at radius 1 is 0.862 bits per heavy atom. The van der Waals surface area contributed by atoms with E-state index in [1.807, 2.05) is 18.2 Å². The van der Waals surface area contributed by atoms with Crippen LogP contribution in [0.25, 0.3) is 0 Å². The number of nitrogens with one attached hydrogen (secondary N) is 1. The molecule has 156 valence electrons. The molecule has 0 radical (unpaired) electrons. The van der Waals surface area contributed by atoms with Crippen molar-refractivity contribution in [3.63, 3.8) is 0 Å². The molecule has 1 atom stereocenters. The van der Waals surface area contributed by atoms with Crippen LogP contribution in [-0.4, -0.2) is 59.2 Å². The van der Waals surface area contributed by atoms with Gasteiger partial charge in [0, 0.05) is 31.3 Å². The number of fused-ring (bicyclic) bond motifs is 1. The van der Waals surface area contributed by atoms with E-state index in [9.17, 15) is 0 Å². The first-order chi connectivity index (χ1) is 14.2. The molecule has 1 saturated heterocycles. The van der Waals surface area contributed by atoms with Gasteiger partial charge in [0.2, 0.25) is 6.79 Å². The molecule has 0 saturated carbocycles. The summed E-state index contributed by atoms with van der Waals surface area (Å²) in [5, 5.41) is 3.48. The molecule has 0 bridgehead atoms. The predicted octanol–water partition coefficient (Wildman–Crippen LogP) is 2.83. The first-order valence-electron chi connectivity index (χ1n) is 9.89. The molecule has 0 aromatic heterocycles. The topological polar surface area (TPSA) is 61.4 Å². The Hall–Kier alpha value is -2.64. The normalized spacial score (nSPS) is 17.5. The maximum atomic E-state index is 5.77. The van der Waals surface area contributed by atoms with Crippen LogP contribution in [0.4, 0.5) is 0 Å². The van der Waals surface area contributed by atoms with E-state index in [2.05, 4.69) is 22.3 Å². The second-order valence-corrected chi connectivity index (χ2v) is 7.10. The van der Waals surface area contributed by atoms with Gasteiger partial charge in [-0.05, 0) is 36.7 Å². The zero-order chi connectivity index (χ0) is 20.2. The summed E-state index contributed by atoms with van der Waals surface area (Å²) in [6, 6.07) is 10.1. The summed E-state index contributed by atoms with van der Waals surface area (Å²) in [5.74, 6) is 3.66. The Morgan fingerprint density at radius 2 is 1.62 bits per heavy atom. The first-order valence-corrected chi connectivity index (χ1v) is 9.89. The Morgan fingerprint density at radius 3 is 2.41 bits per heavy atom. The Bertz CT molecular complexity index is 849. The average molecular weight is 400 g/mol. The largest absolute Gasteiger partial charge is 0.496 e. The number of rotatable bonds is 6. The van der Waals surface area contributed by atoms with Gasteiger partial charge >= 0.3 is 0 Å². The van der Waals surface area contributed by atoms with Crippen LogP contribution < -0.4 is 29.0 Å². The van der Waals surface area contributed by atoms with E-state index in [1.165, 1.54) is 0 Å². The molecule has 2 aliphatic rings. The molecule has 0 aliphatic carbocycles. The monoisotopic (exact) mass is 400 g/mol. The fourth-order valence-corrected chi connectivity index (χ4v) is 4.06. The zero-order valence-electron chi connectivity index (χ0n) is 17.2. The third-order valence-corrected chi connectivity index (χ3v) is 5.48. The fourth-order valence-electron chi connectivity index (χ4n) is 4.06. The van der Waals surface area contributed by atoms with Gasteiger partial charge in [-0.15, -0.1) is 0 Å². The Labute approximate surface area is 171 Å². The maximum absolute atomic E-state index is 5.77. The van der Waals surface area contributed by atoms with Crippen LogP contribution in [0.15, 0.2) is 30.3 Å². The van der Waals surface area contributed by atoms with Gasteiger partial charge in [-0.3, -0.25) is 4.90 Å². The molecule has 2 aromatic rings. The Balaban J connectivity index is 1.84. The van der Waals surface area contributed by atoms with Gasteiger partial charge < -0.3 is 29.0 Å². The number of nitrogens with zero attached hydrogens (tertiary/aromatic N) is 1. The first kappa shape index (κ1) is 19.7. The molecule has 1 N–H and O–H groups in total. The van der Waals surface area contributed by atoms with Crippen molar-refractivity contribution in [2.75, 3.05) is 54.3 Å². The van der Waals surface area contributed by atoms with Crippen molar-refractivity contribution in [3.05, 3.63) is 41.5 Å². The van der Waals surface area contributed by atoms with E-state index in [4.69, 9.17) is 23.7 Å². The van der Waals surface area contributed by atoms with Gasteiger partial charge in [0.25, 0.3) is 0 Å². The Kier molecular flexibility index (Phi) is 5.97. The second kappa shape index (κ2) is 8.80. The lowest BCUT2D eigenvalue weighted by Gasteiger charge is -2.32. The molecule has 0 spiro atoms. The quantitative estimate of drug-likeness (QED) is 0.800. The number of hydrogen-bond acceptors (Lipinski definition) is 7. The lowest BCUT2D eigenvalue weighted by molar-refractivity contribution is 0.173. The summed E-state index contributed by atoms with van der Waals surface area (Å²) in [5.41, 5.74) is 2.16. The van der Waals surface area contributed by atoms with Crippen LogP contribution >= 0.6 is 0 Å². The molecule has 1 fully saturated rings. The van der Waals surface area contributed by atoms with E-state index in [1.54, 1.807) is 21.3 Å². The smallest absolute Gasteiger partial charge is 0.231 e. The lowest BCUT2D eigenvalue weighted by Crippen LogP contribution is -2.33. The summed E-state index contributed by atoms with van der Waals surface area (Å²) in [6.07, 6.45) is 1.08. The average Bonchev–Trinajstić information content (AvgIpc) is 3.07. The lowest BCUT2D eigenvalue weighted by atomic mass is 9.94. The van der Waals surface area contributed by atoms with Crippen molar-refractivity contribution < 1.29 is 23.7 Å². The summed E-state index contributed by atoms with van der Waals surface area (Å²) < 4.78 is 28.0. The highest BCUT2D eigenvalue weighted by molar-refractivity contribution is 5.55. The van der Waals surface area contributed by atoms with Gasteiger partial charge in [-0.2, -0.15) is 0 Å². The molecule has 7 heteroatoms. The van der Waals surface area contributed by atoms with Crippen LogP contribution in [0.1, 0.15) is 23.6 Å². The van der Waals surface area contributed by atoms with E-state index >= 15 is 0 Å². The number of hydrogen-bond donors (Lipinski definition) is 1. The molecule has 0 amide bonds. The summed E-state index contributed by atoms with van der Waals surface area (Å²) in [4.78, 5) is 2.47. The standard InChI is InChI=1S/C22H28N2O5/c1-25-18-13-20(27-3)19(26-2)12-16(18)22(24-9-4-7-23-8-10-24)15-5-6-17-21(11-15)29-14-28-17/h5-6,11-13,22-23H,4,7-10,14H2,1-3H3. The summed E-state index contributed by atoms with van der Waals surface area (Å²) in [7, 11) is 4.97. The van der Waals surface area contributed by atoms with Crippen LogP contribution in [-0.2, 0) is 0 Å². The van der Waals surface area contributed by atoms with Crippen molar-refractivity contribution in [2.24, 2.45) is 0 Å². The molecule has 4 rings (SSSR count). The number of ether oxygens (including phenoxy) is 5. The third-order valence-electron chi connectivity index (χ3n) is 5.48. The van der Waals surface area contributed by atoms with Crippen molar-refractivity contribution in [3.8, 4) is 28.7 Å². The molecule has 2 aromatic carbocycles. The zero-order valence-corrected chi connectivity index (χ0v) is 17.2. The van der Waals surface area contributed by atoms with Gasteiger partial charge in [-0.25, -0.2) is 0 Å². The van der Waals surface area contributed by atoms with Crippen molar-refractivity contribution >= 4 is 0 Å².